The van der Waals surface area contributed by atoms with Crippen LogP contribution in [0.3, 0.4) is 0 Å². The van der Waals surface area contributed by atoms with Crippen molar-refractivity contribution in [2.75, 3.05) is 4.90 Å². The summed E-state index contributed by atoms with van der Waals surface area (Å²) in [5.41, 5.74) is 14.6. The number of anilines is 3. The van der Waals surface area contributed by atoms with Crippen LogP contribution in [0, 0.1) is 0 Å². The predicted octanol–water partition coefficient (Wildman–Crippen LogP) is 16.5. The Morgan fingerprint density at radius 1 is 0.300 bits per heavy atom. The van der Waals surface area contributed by atoms with Gasteiger partial charge in [0, 0.05) is 38.8 Å². The van der Waals surface area contributed by atoms with E-state index in [0.717, 1.165) is 67.0 Å². The normalized spacial score (nSPS) is 11.3. The molecule has 1 heterocycles. The highest BCUT2D eigenvalue weighted by Crippen LogP contribution is 2.48. The number of fused-ring (bicyclic) bond motifs is 6. The smallest absolute Gasteiger partial charge is 0.143 e. The molecule has 0 aliphatic rings. The molecule has 0 saturated heterocycles. The van der Waals surface area contributed by atoms with Crippen molar-refractivity contribution in [3.8, 4) is 55.8 Å². The van der Waals surface area contributed by atoms with E-state index in [1.807, 2.05) is 0 Å². The van der Waals surface area contributed by atoms with E-state index < -0.39 is 0 Å². The zero-order chi connectivity index (χ0) is 39.8. The van der Waals surface area contributed by atoms with Crippen molar-refractivity contribution >= 4 is 49.6 Å². The summed E-state index contributed by atoms with van der Waals surface area (Å²) in [5.74, 6) is 0.891. The second-order valence-electron chi connectivity index (χ2n) is 15.2. The van der Waals surface area contributed by atoms with Gasteiger partial charge in [-0.05, 0) is 92.0 Å². The fraction of sp³-hybridized carbons (Fsp3) is 0. The molecule has 2 heteroatoms. The zero-order valence-corrected chi connectivity index (χ0v) is 32.9. The molecule has 1 aromatic heterocycles. The second-order valence-corrected chi connectivity index (χ2v) is 15.2. The number of para-hydroxylation sites is 1. The Morgan fingerprint density at radius 2 is 0.783 bits per heavy atom. The van der Waals surface area contributed by atoms with Crippen LogP contribution in [0.25, 0.3) is 88.3 Å². The molecule has 11 rings (SSSR count). The van der Waals surface area contributed by atoms with E-state index in [4.69, 9.17) is 4.42 Å². The minimum atomic E-state index is 0.891. The first kappa shape index (κ1) is 35.2. The average molecular weight is 766 g/mol. The van der Waals surface area contributed by atoms with Gasteiger partial charge in [-0.1, -0.05) is 194 Å². The van der Waals surface area contributed by atoms with Crippen LogP contribution < -0.4 is 4.90 Å². The molecule has 0 bridgehead atoms. The molecule has 0 aliphatic carbocycles. The molecule has 0 N–H and O–H groups in total. The molecule has 11 aromatic rings. The molecular weight excluding hydrogens is 727 g/mol. The Hall–Kier alpha value is -7.94. The molecule has 0 spiro atoms. The number of hydrogen-bond donors (Lipinski definition) is 0. The van der Waals surface area contributed by atoms with Crippen LogP contribution in [0.5, 0.6) is 0 Å². The Kier molecular flexibility index (Phi) is 8.87. The summed E-state index contributed by atoms with van der Waals surface area (Å²) >= 11 is 0. The van der Waals surface area contributed by atoms with E-state index in [0.29, 0.717) is 0 Å². The van der Waals surface area contributed by atoms with Crippen LogP contribution in [0.4, 0.5) is 17.1 Å². The lowest BCUT2D eigenvalue weighted by atomic mass is 9.91. The molecule has 0 radical (unpaired) electrons. The van der Waals surface area contributed by atoms with Gasteiger partial charge >= 0.3 is 0 Å². The third kappa shape index (κ3) is 6.23. The van der Waals surface area contributed by atoms with E-state index in [1.54, 1.807) is 0 Å². The lowest BCUT2D eigenvalue weighted by Gasteiger charge is -2.28. The number of hydrogen-bond acceptors (Lipinski definition) is 2. The van der Waals surface area contributed by atoms with Gasteiger partial charge in [-0.3, -0.25) is 0 Å². The van der Waals surface area contributed by atoms with Crippen LogP contribution in [0.1, 0.15) is 0 Å². The SMILES string of the molecule is c1ccc(-c2ccc(N(c3ccccc3)c3ccc(-c4ccc5c(c4)c4ccccc4c4oc(-c6ccccc6)c(-c6ccccc6)c54)cc3)c(-c3ccccc3)c2)cc1. The molecule has 0 amide bonds. The highest BCUT2D eigenvalue weighted by Gasteiger charge is 2.23. The first-order valence-corrected chi connectivity index (χ1v) is 20.5. The van der Waals surface area contributed by atoms with E-state index in [9.17, 15) is 0 Å². The minimum absolute atomic E-state index is 0.891. The van der Waals surface area contributed by atoms with Gasteiger partial charge in [0.2, 0.25) is 0 Å². The molecule has 60 heavy (non-hydrogen) atoms. The third-order valence-corrected chi connectivity index (χ3v) is 11.7. The summed E-state index contributed by atoms with van der Waals surface area (Å²) in [6.07, 6.45) is 0. The highest BCUT2D eigenvalue weighted by molar-refractivity contribution is 6.29. The number of benzene rings is 10. The molecule has 10 aromatic carbocycles. The summed E-state index contributed by atoms with van der Waals surface area (Å²) in [4.78, 5) is 2.37. The van der Waals surface area contributed by atoms with Gasteiger partial charge in [0.1, 0.15) is 11.3 Å². The lowest BCUT2D eigenvalue weighted by Crippen LogP contribution is -2.11. The number of rotatable bonds is 8. The Bertz CT molecular complexity index is 3270. The largest absolute Gasteiger partial charge is 0.455 e. The first-order chi connectivity index (χ1) is 29.8. The van der Waals surface area contributed by atoms with Crippen molar-refractivity contribution in [2.24, 2.45) is 0 Å². The Balaban J connectivity index is 1.06. The first-order valence-electron chi connectivity index (χ1n) is 20.5. The molecule has 0 saturated carbocycles. The van der Waals surface area contributed by atoms with Gasteiger partial charge in [-0.2, -0.15) is 0 Å². The quantitative estimate of drug-likeness (QED) is 0.143. The van der Waals surface area contributed by atoms with Crippen molar-refractivity contribution < 1.29 is 4.42 Å². The summed E-state index contributed by atoms with van der Waals surface area (Å²) in [6, 6.07) is 84.6. The lowest BCUT2D eigenvalue weighted by molar-refractivity contribution is 0.636. The predicted molar refractivity (Wildman–Crippen MR) is 253 cm³/mol. The monoisotopic (exact) mass is 765 g/mol. The molecule has 0 unspecified atom stereocenters. The Morgan fingerprint density at radius 3 is 1.45 bits per heavy atom. The van der Waals surface area contributed by atoms with Crippen molar-refractivity contribution in [3.63, 3.8) is 0 Å². The molecule has 282 valence electrons. The maximum Gasteiger partial charge on any atom is 0.143 e. The average Bonchev–Trinajstić information content (AvgIpc) is 3.75. The molecule has 0 fully saturated rings. The fourth-order valence-electron chi connectivity index (χ4n) is 8.83. The van der Waals surface area contributed by atoms with Crippen LogP contribution in [0.2, 0.25) is 0 Å². The molecule has 0 aliphatic heterocycles. The molecular formula is C58H39NO. The zero-order valence-electron chi connectivity index (χ0n) is 32.9. The van der Waals surface area contributed by atoms with Gasteiger partial charge in [0.25, 0.3) is 0 Å². The molecule has 0 atom stereocenters. The summed E-state index contributed by atoms with van der Waals surface area (Å²) in [5, 5.41) is 5.80. The highest BCUT2D eigenvalue weighted by atomic mass is 16.3. The van der Waals surface area contributed by atoms with Crippen molar-refractivity contribution in [3.05, 3.63) is 237 Å². The van der Waals surface area contributed by atoms with Gasteiger partial charge in [0.05, 0.1) is 5.69 Å². The van der Waals surface area contributed by atoms with Crippen LogP contribution >= 0.6 is 0 Å². The van der Waals surface area contributed by atoms with Gasteiger partial charge in [-0.25, -0.2) is 0 Å². The van der Waals surface area contributed by atoms with E-state index in [-0.39, 0.29) is 0 Å². The minimum Gasteiger partial charge on any atom is -0.455 e. The standard InChI is InChI=1S/C58H39NO/c1-6-18-40(19-7-1)46-33-37-54(52(38-46)42-20-8-2-9-21-42)59(47-26-14-5-15-27-47)48-34-30-41(31-35-48)45-32-36-50-53(39-45)49-28-16-17-29-51(49)58-56(50)55(43-22-10-3-11-23-43)57(60-58)44-24-12-4-13-25-44/h1-39H. The van der Waals surface area contributed by atoms with E-state index in [2.05, 4.69) is 241 Å². The third-order valence-electron chi connectivity index (χ3n) is 11.7. The maximum absolute atomic E-state index is 6.95. The second kappa shape index (κ2) is 15.1. The van der Waals surface area contributed by atoms with E-state index >= 15 is 0 Å². The number of furan rings is 1. The number of nitrogens with zero attached hydrogens (tertiary/aromatic N) is 1. The topological polar surface area (TPSA) is 16.4 Å². The van der Waals surface area contributed by atoms with Crippen LogP contribution in [0.15, 0.2) is 241 Å². The van der Waals surface area contributed by atoms with Gasteiger partial charge < -0.3 is 9.32 Å². The summed E-state index contributed by atoms with van der Waals surface area (Å²) in [7, 11) is 0. The van der Waals surface area contributed by atoms with Gasteiger partial charge in [0.15, 0.2) is 0 Å². The van der Waals surface area contributed by atoms with Crippen molar-refractivity contribution in [2.45, 2.75) is 0 Å². The van der Waals surface area contributed by atoms with Gasteiger partial charge in [-0.15, -0.1) is 0 Å². The Labute approximate surface area is 349 Å². The maximum atomic E-state index is 6.95. The fourth-order valence-corrected chi connectivity index (χ4v) is 8.83. The van der Waals surface area contributed by atoms with Crippen LogP contribution in [-0.4, -0.2) is 0 Å². The van der Waals surface area contributed by atoms with Crippen molar-refractivity contribution in [1.82, 2.24) is 0 Å². The molecule has 2 nitrogen and oxygen atoms in total. The van der Waals surface area contributed by atoms with Crippen molar-refractivity contribution in [1.29, 1.82) is 0 Å². The summed E-state index contributed by atoms with van der Waals surface area (Å²) < 4.78 is 6.95. The van der Waals surface area contributed by atoms with Crippen LogP contribution in [-0.2, 0) is 0 Å². The van der Waals surface area contributed by atoms with E-state index in [1.165, 1.54) is 38.4 Å². The summed E-state index contributed by atoms with van der Waals surface area (Å²) in [6.45, 7) is 0.